The predicted octanol–water partition coefficient (Wildman–Crippen LogP) is 1.93. The van der Waals surface area contributed by atoms with E-state index in [1.165, 1.54) is 37.6 Å². The molecule has 9 heteroatoms. The number of piperidine rings is 1. The summed E-state index contributed by atoms with van der Waals surface area (Å²) in [5.74, 6) is 0.247. The lowest BCUT2D eigenvalue weighted by Gasteiger charge is -2.23. The van der Waals surface area contributed by atoms with Crippen LogP contribution in [-0.2, 0) is 14.8 Å². The largest absolute Gasteiger partial charge is 0.355 e. The van der Waals surface area contributed by atoms with Gasteiger partial charge in [-0.15, -0.1) is 12.4 Å². The van der Waals surface area contributed by atoms with Crippen LogP contribution >= 0.6 is 24.0 Å². The van der Waals surface area contributed by atoms with Crippen molar-refractivity contribution in [3.63, 3.8) is 0 Å². The number of carbonyl (C=O) groups excluding carboxylic acids is 1. The first-order chi connectivity index (χ1) is 11.4. The second-order valence-electron chi connectivity index (χ2n) is 6.09. The minimum Gasteiger partial charge on any atom is -0.355 e. The lowest BCUT2D eigenvalue weighted by Crippen LogP contribution is -2.45. The summed E-state index contributed by atoms with van der Waals surface area (Å²) in [4.78, 5) is 12.2. The van der Waals surface area contributed by atoms with E-state index < -0.39 is 16.1 Å². The molecular formula is C16H25Cl2N3O3S. The maximum absolute atomic E-state index is 12.2. The van der Waals surface area contributed by atoms with Crippen LogP contribution in [0.1, 0.15) is 26.2 Å². The molecule has 142 valence electrons. The van der Waals surface area contributed by atoms with Crippen LogP contribution in [0.5, 0.6) is 0 Å². The molecule has 1 amide bonds. The highest BCUT2D eigenvalue weighted by Crippen LogP contribution is 2.15. The van der Waals surface area contributed by atoms with Crippen LogP contribution in [0.25, 0.3) is 0 Å². The Morgan fingerprint density at radius 1 is 1.36 bits per heavy atom. The lowest BCUT2D eigenvalue weighted by molar-refractivity contribution is -0.122. The van der Waals surface area contributed by atoms with Gasteiger partial charge in [-0.3, -0.25) is 4.79 Å². The number of amides is 1. The van der Waals surface area contributed by atoms with Gasteiger partial charge < -0.3 is 10.6 Å². The number of hydrogen-bond donors (Lipinski definition) is 3. The molecule has 1 saturated heterocycles. The molecule has 1 aliphatic heterocycles. The van der Waals surface area contributed by atoms with Gasteiger partial charge in [-0.25, -0.2) is 8.42 Å². The van der Waals surface area contributed by atoms with Crippen molar-refractivity contribution >= 4 is 39.9 Å². The monoisotopic (exact) mass is 409 g/mol. The van der Waals surface area contributed by atoms with Crippen molar-refractivity contribution in [3.8, 4) is 0 Å². The summed E-state index contributed by atoms with van der Waals surface area (Å²) in [6.45, 7) is 4.13. The second-order valence-corrected chi connectivity index (χ2v) is 8.24. The Balaban J connectivity index is 0.00000312. The molecule has 0 aromatic heterocycles. The first kappa shape index (κ1) is 22.2. The third kappa shape index (κ3) is 7.11. The van der Waals surface area contributed by atoms with E-state index in [1.807, 2.05) is 0 Å². The van der Waals surface area contributed by atoms with Gasteiger partial charge in [0.1, 0.15) is 0 Å². The van der Waals surface area contributed by atoms with E-state index in [1.54, 1.807) is 0 Å². The van der Waals surface area contributed by atoms with E-state index in [9.17, 15) is 13.2 Å². The van der Waals surface area contributed by atoms with E-state index >= 15 is 0 Å². The predicted molar refractivity (Wildman–Crippen MR) is 102 cm³/mol. The van der Waals surface area contributed by atoms with E-state index in [2.05, 4.69) is 15.4 Å². The Labute approximate surface area is 160 Å². The number of rotatable bonds is 7. The van der Waals surface area contributed by atoms with Crippen molar-refractivity contribution in [1.82, 2.24) is 15.4 Å². The zero-order chi connectivity index (χ0) is 17.6. The highest BCUT2D eigenvalue weighted by atomic mass is 35.5. The normalized spacial score (nSPS) is 18.9. The van der Waals surface area contributed by atoms with E-state index in [-0.39, 0.29) is 23.2 Å². The van der Waals surface area contributed by atoms with Gasteiger partial charge in [0, 0.05) is 11.6 Å². The third-order valence-corrected chi connectivity index (χ3v) is 5.91. The van der Waals surface area contributed by atoms with Crippen molar-refractivity contribution < 1.29 is 13.2 Å². The van der Waals surface area contributed by atoms with Crippen LogP contribution in [0.2, 0.25) is 5.02 Å². The van der Waals surface area contributed by atoms with Gasteiger partial charge in [-0.2, -0.15) is 4.72 Å². The average Bonchev–Trinajstić information content (AvgIpc) is 2.55. The Kier molecular flexibility index (Phi) is 9.16. The third-order valence-electron chi connectivity index (χ3n) is 4.10. The molecule has 1 aromatic rings. The molecule has 2 rings (SSSR count). The van der Waals surface area contributed by atoms with Crippen LogP contribution in [0, 0.1) is 5.92 Å². The summed E-state index contributed by atoms with van der Waals surface area (Å²) in [5, 5.41) is 6.59. The van der Waals surface area contributed by atoms with Crippen molar-refractivity contribution in [2.45, 2.75) is 37.1 Å². The van der Waals surface area contributed by atoms with Crippen LogP contribution in [0.15, 0.2) is 29.2 Å². The maximum Gasteiger partial charge on any atom is 0.241 e. The van der Waals surface area contributed by atoms with Gasteiger partial charge in [-0.1, -0.05) is 11.6 Å². The molecular weight excluding hydrogens is 385 g/mol. The zero-order valence-electron chi connectivity index (χ0n) is 14.1. The van der Waals surface area contributed by atoms with E-state index in [0.717, 1.165) is 25.9 Å². The Morgan fingerprint density at radius 3 is 2.64 bits per heavy atom. The summed E-state index contributed by atoms with van der Waals surface area (Å²) in [6, 6.07) is 4.98. The van der Waals surface area contributed by atoms with Gasteiger partial charge in [-0.05, 0) is 69.5 Å². The minimum absolute atomic E-state index is 0. The van der Waals surface area contributed by atoms with Crippen molar-refractivity contribution in [1.29, 1.82) is 0 Å². The smallest absolute Gasteiger partial charge is 0.241 e. The molecule has 25 heavy (non-hydrogen) atoms. The zero-order valence-corrected chi connectivity index (χ0v) is 16.5. The molecule has 6 nitrogen and oxygen atoms in total. The fraction of sp³-hybridized carbons (Fsp3) is 0.562. The number of benzene rings is 1. The van der Waals surface area contributed by atoms with Gasteiger partial charge in [0.15, 0.2) is 0 Å². The highest BCUT2D eigenvalue weighted by Gasteiger charge is 2.22. The molecule has 2 atom stereocenters. The summed E-state index contributed by atoms with van der Waals surface area (Å²) in [6.07, 6.45) is 3.23. The van der Waals surface area contributed by atoms with Crippen molar-refractivity contribution in [2.24, 2.45) is 5.92 Å². The molecule has 1 fully saturated rings. The summed E-state index contributed by atoms with van der Waals surface area (Å²) >= 11 is 5.76. The fourth-order valence-electron chi connectivity index (χ4n) is 2.69. The maximum atomic E-state index is 12.2. The molecule has 2 unspecified atom stereocenters. The standard InChI is InChI=1S/C16H24ClN3O3S.ClH/c1-12(16(21)19-10-8-13-3-2-9-18-11-13)20-24(22,23)15-6-4-14(17)5-7-15;/h4-7,12-13,18,20H,2-3,8-11H2,1H3,(H,19,21);1H. The number of halogens is 2. The van der Waals surface area contributed by atoms with Gasteiger partial charge in [0.2, 0.25) is 15.9 Å². The molecule has 1 heterocycles. The first-order valence-electron chi connectivity index (χ1n) is 8.15. The van der Waals surface area contributed by atoms with E-state index in [4.69, 9.17) is 11.6 Å². The van der Waals surface area contributed by atoms with Crippen molar-refractivity contribution in [3.05, 3.63) is 29.3 Å². The van der Waals surface area contributed by atoms with E-state index in [0.29, 0.717) is 17.5 Å². The average molecular weight is 410 g/mol. The van der Waals surface area contributed by atoms with Crippen molar-refractivity contribution in [2.75, 3.05) is 19.6 Å². The van der Waals surface area contributed by atoms with Crippen LogP contribution in [0.3, 0.4) is 0 Å². The molecule has 1 aromatic carbocycles. The Bertz CT molecular complexity index is 647. The quantitative estimate of drug-likeness (QED) is 0.641. The SMILES string of the molecule is CC(NS(=O)(=O)c1ccc(Cl)cc1)C(=O)NCCC1CCCNC1.Cl. The van der Waals surface area contributed by atoms with Crippen LogP contribution < -0.4 is 15.4 Å². The Morgan fingerprint density at radius 2 is 2.04 bits per heavy atom. The molecule has 0 radical (unpaired) electrons. The molecule has 0 spiro atoms. The summed E-state index contributed by atoms with van der Waals surface area (Å²) < 4.78 is 26.9. The molecule has 0 saturated carbocycles. The summed E-state index contributed by atoms with van der Waals surface area (Å²) in [7, 11) is -3.75. The molecule has 0 aliphatic carbocycles. The fourth-order valence-corrected chi connectivity index (χ4v) is 4.02. The Hall–Kier alpha value is -0.860. The number of carbonyl (C=O) groups is 1. The lowest BCUT2D eigenvalue weighted by atomic mass is 9.96. The number of sulfonamides is 1. The number of hydrogen-bond acceptors (Lipinski definition) is 4. The van der Waals surface area contributed by atoms with Gasteiger partial charge >= 0.3 is 0 Å². The van der Waals surface area contributed by atoms with Gasteiger partial charge in [0.25, 0.3) is 0 Å². The molecule has 1 aliphatic rings. The highest BCUT2D eigenvalue weighted by molar-refractivity contribution is 7.89. The minimum atomic E-state index is -3.75. The second kappa shape index (κ2) is 10.3. The summed E-state index contributed by atoms with van der Waals surface area (Å²) in [5.41, 5.74) is 0. The van der Waals surface area contributed by atoms with Gasteiger partial charge in [0.05, 0.1) is 10.9 Å². The first-order valence-corrected chi connectivity index (χ1v) is 10.0. The number of nitrogens with one attached hydrogen (secondary N) is 3. The van der Waals surface area contributed by atoms with Crippen LogP contribution in [-0.4, -0.2) is 40.0 Å². The topological polar surface area (TPSA) is 87.3 Å². The molecule has 3 N–H and O–H groups in total. The molecule has 0 bridgehead atoms. The van der Waals surface area contributed by atoms with Crippen LogP contribution in [0.4, 0.5) is 0 Å².